The fourth-order valence-electron chi connectivity index (χ4n) is 2.91. The zero-order valence-electron chi connectivity index (χ0n) is 16.3. The van der Waals surface area contributed by atoms with Crippen LogP contribution in [0.5, 0.6) is 5.75 Å². The van der Waals surface area contributed by atoms with E-state index in [1.165, 1.54) is 7.11 Å². The number of ether oxygens (including phenoxy) is 1. The number of methoxy groups -OCH3 is 1. The van der Waals surface area contributed by atoms with E-state index in [-0.39, 0.29) is 11.9 Å². The van der Waals surface area contributed by atoms with E-state index in [1.807, 2.05) is 43.3 Å². The second kappa shape index (κ2) is 9.41. The van der Waals surface area contributed by atoms with Crippen LogP contribution in [0.25, 0.3) is 0 Å². The third kappa shape index (κ3) is 5.13. The van der Waals surface area contributed by atoms with Crippen LogP contribution >= 0.6 is 0 Å². The van der Waals surface area contributed by atoms with Gasteiger partial charge in [0, 0.05) is 0 Å². The Hall–Kier alpha value is -3.80. The number of carbonyl (C=O) groups excluding carboxylic acids is 2. The molecule has 0 heterocycles. The van der Waals surface area contributed by atoms with Gasteiger partial charge in [0.15, 0.2) is 0 Å². The minimum absolute atomic E-state index is 0.167. The molecule has 3 aromatic rings. The Morgan fingerprint density at radius 3 is 2.10 bits per heavy atom. The van der Waals surface area contributed by atoms with Crippen molar-refractivity contribution in [1.29, 1.82) is 0 Å². The summed E-state index contributed by atoms with van der Waals surface area (Å²) in [5.74, 6) is 0.278. The summed E-state index contributed by atoms with van der Waals surface area (Å²) in [6.07, 6.45) is 0. The molecule has 0 saturated heterocycles. The molecule has 1 atom stereocenters. The minimum Gasteiger partial charge on any atom is -0.495 e. The van der Waals surface area contributed by atoms with Crippen LogP contribution in [0.3, 0.4) is 0 Å². The van der Waals surface area contributed by atoms with Gasteiger partial charge in [-0.1, -0.05) is 54.6 Å². The maximum atomic E-state index is 12.8. The van der Waals surface area contributed by atoms with Gasteiger partial charge in [-0.05, 0) is 36.8 Å². The van der Waals surface area contributed by atoms with E-state index in [2.05, 4.69) is 16.0 Å². The van der Waals surface area contributed by atoms with Crippen LogP contribution in [0.4, 0.5) is 16.2 Å². The normalized spacial score (nSPS) is 11.2. The van der Waals surface area contributed by atoms with Crippen molar-refractivity contribution >= 4 is 23.3 Å². The van der Waals surface area contributed by atoms with Gasteiger partial charge in [0.2, 0.25) is 0 Å². The summed E-state index contributed by atoms with van der Waals surface area (Å²) in [5.41, 5.74) is 2.33. The second-order valence-corrected chi connectivity index (χ2v) is 6.43. The second-order valence-electron chi connectivity index (χ2n) is 6.43. The number of para-hydroxylation sites is 3. The van der Waals surface area contributed by atoms with E-state index in [4.69, 9.17) is 4.74 Å². The van der Waals surface area contributed by atoms with Crippen LogP contribution in [0.1, 0.15) is 28.9 Å². The molecule has 29 heavy (non-hydrogen) atoms. The molecular weight excluding hydrogens is 366 g/mol. The number of benzene rings is 3. The van der Waals surface area contributed by atoms with Crippen molar-refractivity contribution < 1.29 is 14.3 Å². The third-order valence-corrected chi connectivity index (χ3v) is 4.42. The molecule has 6 nitrogen and oxygen atoms in total. The molecule has 3 N–H and O–H groups in total. The Balaban J connectivity index is 1.71. The zero-order valence-corrected chi connectivity index (χ0v) is 16.3. The SMILES string of the molecule is COc1ccccc1NC(=O)Nc1ccccc1C(=O)N[C@H](C)c1ccccc1. The number of amides is 3. The maximum absolute atomic E-state index is 12.8. The zero-order chi connectivity index (χ0) is 20.6. The van der Waals surface area contributed by atoms with E-state index in [1.54, 1.807) is 42.5 Å². The topological polar surface area (TPSA) is 79.5 Å². The molecule has 0 unspecified atom stereocenters. The number of carbonyl (C=O) groups is 2. The average Bonchev–Trinajstić information content (AvgIpc) is 2.75. The Morgan fingerprint density at radius 2 is 1.38 bits per heavy atom. The van der Waals surface area contributed by atoms with Gasteiger partial charge in [0.25, 0.3) is 5.91 Å². The molecule has 0 aromatic heterocycles. The number of hydrogen-bond acceptors (Lipinski definition) is 3. The number of urea groups is 1. The molecule has 0 aliphatic heterocycles. The molecule has 6 heteroatoms. The first-order valence-electron chi connectivity index (χ1n) is 9.24. The predicted molar refractivity (Wildman–Crippen MR) is 114 cm³/mol. The Bertz CT molecular complexity index is 989. The molecule has 3 rings (SSSR count). The van der Waals surface area contributed by atoms with Gasteiger partial charge in [-0.25, -0.2) is 4.79 Å². The lowest BCUT2D eigenvalue weighted by Gasteiger charge is -2.17. The molecule has 0 radical (unpaired) electrons. The van der Waals surface area contributed by atoms with Gasteiger partial charge < -0.3 is 20.7 Å². The number of hydrogen-bond donors (Lipinski definition) is 3. The summed E-state index contributed by atoms with van der Waals surface area (Å²) in [4.78, 5) is 25.2. The Labute approximate surface area is 169 Å². The van der Waals surface area contributed by atoms with Crippen molar-refractivity contribution in [2.75, 3.05) is 17.7 Å². The highest BCUT2D eigenvalue weighted by molar-refractivity contribution is 6.07. The molecule has 0 spiro atoms. The Morgan fingerprint density at radius 1 is 0.793 bits per heavy atom. The van der Waals surface area contributed by atoms with Crippen LogP contribution in [-0.2, 0) is 0 Å². The monoisotopic (exact) mass is 389 g/mol. The lowest BCUT2D eigenvalue weighted by Crippen LogP contribution is -2.28. The van der Waals surface area contributed by atoms with E-state index < -0.39 is 6.03 Å². The summed E-state index contributed by atoms with van der Waals surface area (Å²) in [5, 5.41) is 8.44. The van der Waals surface area contributed by atoms with Gasteiger partial charge in [-0.2, -0.15) is 0 Å². The molecule has 0 saturated carbocycles. The van der Waals surface area contributed by atoms with Crippen molar-refractivity contribution in [3.8, 4) is 5.75 Å². The van der Waals surface area contributed by atoms with Crippen molar-refractivity contribution in [2.24, 2.45) is 0 Å². The molecule has 0 aliphatic rings. The molecule has 148 valence electrons. The van der Waals surface area contributed by atoms with E-state index in [0.717, 1.165) is 5.56 Å². The van der Waals surface area contributed by atoms with Gasteiger partial charge in [-0.3, -0.25) is 4.79 Å². The van der Waals surface area contributed by atoms with Crippen molar-refractivity contribution in [1.82, 2.24) is 5.32 Å². The van der Waals surface area contributed by atoms with Crippen molar-refractivity contribution in [2.45, 2.75) is 13.0 Å². The highest BCUT2D eigenvalue weighted by Gasteiger charge is 2.16. The smallest absolute Gasteiger partial charge is 0.323 e. The summed E-state index contributed by atoms with van der Waals surface area (Å²) in [6, 6.07) is 23.0. The molecule has 0 aliphatic carbocycles. The van der Waals surface area contributed by atoms with Crippen molar-refractivity contribution in [3.05, 3.63) is 90.0 Å². The quantitative estimate of drug-likeness (QED) is 0.565. The van der Waals surface area contributed by atoms with Crippen LogP contribution < -0.4 is 20.7 Å². The van der Waals surface area contributed by atoms with E-state index in [0.29, 0.717) is 22.7 Å². The molecule has 0 bridgehead atoms. The molecular formula is C23H23N3O3. The van der Waals surface area contributed by atoms with Crippen molar-refractivity contribution in [3.63, 3.8) is 0 Å². The van der Waals surface area contributed by atoms with Crippen LogP contribution in [0.2, 0.25) is 0 Å². The lowest BCUT2D eigenvalue weighted by molar-refractivity contribution is 0.0941. The molecule has 3 amide bonds. The van der Waals surface area contributed by atoms with Gasteiger partial charge in [0.05, 0.1) is 30.1 Å². The first kappa shape index (κ1) is 19.9. The summed E-state index contributed by atoms with van der Waals surface area (Å²) >= 11 is 0. The highest BCUT2D eigenvalue weighted by Crippen LogP contribution is 2.24. The number of rotatable bonds is 6. The average molecular weight is 389 g/mol. The van der Waals surface area contributed by atoms with Crippen LogP contribution in [0.15, 0.2) is 78.9 Å². The molecule has 0 fully saturated rings. The lowest BCUT2D eigenvalue weighted by atomic mass is 10.1. The minimum atomic E-state index is -0.467. The maximum Gasteiger partial charge on any atom is 0.323 e. The van der Waals surface area contributed by atoms with E-state index >= 15 is 0 Å². The fraction of sp³-hybridized carbons (Fsp3) is 0.130. The predicted octanol–water partition coefficient (Wildman–Crippen LogP) is 4.83. The first-order chi connectivity index (χ1) is 14.1. The summed E-state index contributed by atoms with van der Waals surface area (Å²) in [7, 11) is 1.53. The van der Waals surface area contributed by atoms with Gasteiger partial charge >= 0.3 is 6.03 Å². The highest BCUT2D eigenvalue weighted by atomic mass is 16.5. The Kier molecular flexibility index (Phi) is 6.47. The fourth-order valence-corrected chi connectivity index (χ4v) is 2.91. The number of anilines is 2. The summed E-state index contributed by atoms with van der Waals surface area (Å²) in [6.45, 7) is 1.91. The van der Waals surface area contributed by atoms with Gasteiger partial charge in [0.1, 0.15) is 5.75 Å². The largest absolute Gasteiger partial charge is 0.495 e. The molecule has 3 aromatic carbocycles. The van der Waals surface area contributed by atoms with E-state index in [9.17, 15) is 9.59 Å². The number of nitrogens with one attached hydrogen (secondary N) is 3. The standard InChI is InChI=1S/C23H23N3O3/c1-16(17-10-4-3-5-11-17)24-22(27)18-12-6-7-13-19(18)25-23(28)26-20-14-8-9-15-21(20)29-2/h3-16H,1-2H3,(H,24,27)(H2,25,26,28)/t16-/m1/s1. The van der Waals surface area contributed by atoms with Crippen LogP contribution in [0, 0.1) is 0 Å². The third-order valence-electron chi connectivity index (χ3n) is 4.42. The first-order valence-corrected chi connectivity index (χ1v) is 9.24. The van der Waals surface area contributed by atoms with Gasteiger partial charge in [-0.15, -0.1) is 0 Å². The van der Waals surface area contributed by atoms with Crippen LogP contribution in [-0.4, -0.2) is 19.0 Å². The summed E-state index contributed by atoms with van der Waals surface area (Å²) < 4.78 is 5.24.